The van der Waals surface area contributed by atoms with Crippen molar-refractivity contribution in [2.45, 2.75) is 0 Å². The van der Waals surface area contributed by atoms with E-state index in [1.165, 1.54) is 30.3 Å². The van der Waals surface area contributed by atoms with Crippen molar-refractivity contribution < 1.29 is 19.2 Å². The molecular weight excluding hydrogens is 288 g/mol. The van der Waals surface area contributed by atoms with Gasteiger partial charge in [0.2, 0.25) is 5.78 Å². The number of non-ortho nitro benzene ring substituents is 1. The van der Waals surface area contributed by atoms with Crippen LogP contribution >= 0.6 is 0 Å². The van der Waals surface area contributed by atoms with Crippen molar-refractivity contribution >= 4 is 23.5 Å². The van der Waals surface area contributed by atoms with Gasteiger partial charge in [-0.3, -0.25) is 14.9 Å². The number of benzene rings is 1. The highest BCUT2D eigenvalue weighted by atomic mass is 16.6. The molecule has 1 aromatic carbocycles. The molecule has 7 heteroatoms. The number of carbonyl (C=O) groups excluding carboxylic acids is 2. The predicted octanol–water partition coefficient (Wildman–Crippen LogP) is 2.36. The third-order valence-corrected chi connectivity index (χ3v) is 2.76. The molecule has 0 bridgehead atoms. The van der Waals surface area contributed by atoms with Crippen molar-refractivity contribution in [2.24, 2.45) is 0 Å². The Kier molecular flexibility index (Phi) is 4.81. The lowest BCUT2D eigenvalue weighted by Crippen LogP contribution is -2.12. The van der Waals surface area contributed by atoms with Gasteiger partial charge in [-0.15, -0.1) is 0 Å². The highest BCUT2D eigenvalue weighted by molar-refractivity contribution is 5.97. The molecule has 0 aliphatic heterocycles. The third kappa shape index (κ3) is 4.14. The molecule has 0 atom stereocenters. The summed E-state index contributed by atoms with van der Waals surface area (Å²) in [5.74, 6) is -1.000. The Morgan fingerprint density at radius 2 is 1.95 bits per heavy atom. The van der Waals surface area contributed by atoms with Crippen LogP contribution in [0.1, 0.15) is 16.1 Å². The molecule has 7 nitrogen and oxygen atoms in total. The minimum atomic E-state index is -0.668. The van der Waals surface area contributed by atoms with Gasteiger partial charge in [-0.2, -0.15) is 0 Å². The van der Waals surface area contributed by atoms with E-state index in [1.54, 1.807) is 18.3 Å². The third-order valence-electron chi connectivity index (χ3n) is 2.76. The number of H-pyrrole nitrogens is 1. The highest BCUT2D eigenvalue weighted by Gasteiger charge is 2.08. The summed E-state index contributed by atoms with van der Waals surface area (Å²) in [4.78, 5) is 35.8. The van der Waals surface area contributed by atoms with Crippen LogP contribution in [0, 0.1) is 10.1 Å². The van der Waals surface area contributed by atoms with Crippen molar-refractivity contribution in [3.05, 3.63) is 70.0 Å². The van der Waals surface area contributed by atoms with Gasteiger partial charge in [0, 0.05) is 24.4 Å². The van der Waals surface area contributed by atoms with Gasteiger partial charge in [0.15, 0.2) is 6.61 Å². The van der Waals surface area contributed by atoms with Gasteiger partial charge < -0.3 is 9.72 Å². The molecule has 2 aromatic rings. The van der Waals surface area contributed by atoms with E-state index in [-0.39, 0.29) is 18.1 Å². The van der Waals surface area contributed by atoms with Gasteiger partial charge in [0.1, 0.15) is 0 Å². The van der Waals surface area contributed by atoms with E-state index in [0.29, 0.717) is 11.3 Å². The minimum Gasteiger partial charge on any atom is -0.454 e. The number of nitrogens with one attached hydrogen (secondary N) is 1. The molecule has 0 aliphatic carbocycles. The average Bonchev–Trinajstić information content (AvgIpc) is 3.05. The van der Waals surface area contributed by atoms with Crippen molar-refractivity contribution in [2.75, 3.05) is 6.61 Å². The number of ether oxygens (including phenoxy) is 1. The summed E-state index contributed by atoms with van der Waals surface area (Å²) in [6.07, 6.45) is 4.21. The highest BCUT2D eigenvalue weighted by Crippen LogP contribution is 2.12. The Labute approximate surface area is 125 Å². The Hall–Kier alpha value is -3.22. The first-order valence-electron chi connectivity index (χ1n) is 6.32. The van der Waals surface area contributed by atoms with E-state index in [4.69, 9.17) is 4.74 Å². The smallest absolute Gasteiger partial charge is 0.331 e. The van der Waals surface area contributed by atoms with Crippen molar-refractivity contribution in [1.82, 2.24) is 4.98 Å². The lowest BCUT2D eigenvalue weighted by atomic mass is 10.2. The standard InChI is InChI=1S/C15H12N2O5/c18-14(13-2-1-9-16-13)10-22-15(19)8-5-11-3-6-12(7-4-11)17(20)21/h1-9,16H,10H2. The van der Waals surface area contributed by atoms with Gasteiger partial charge in [-0.1, -0.05) is 0 Å². The van der Waals surface area contributed by atoms with Crippen LogP contribution in [0.4, 0.5) is 5.69 Å². The van der Waals surface area contributed by atoms with Crippen LogP contribution < -0.4 is 0 Å². The minimum absolute atomic E-state index is 0.0312. The fourth-order valence-electron chi connectivity index (χ4n) is 1.64. The summed E-state index contributed by atoms with van der Waals surface area (Å²) in [7, 11) is 0. The molecule has 1 aromatic heterocycles. The number of nitrogens with zero attached hydrogens (tertiary/aromatic N) is 1. The van der Waals surface area contributed by atoms with Crippen LogP contribution in [0.2, 0.25) is 0 Å². The molecule has 0 saturated carbocycles. The van der Waals surface area contributed by atoms with Crippen molar-refractivity contribution in [3.8, 4) is 0 Å². The largest absolute Gasteiger partial charge is 0.454 e. The average molecular weight is 300 g/mol. The van der Waals surface area contributed by atoms with E-state index >= 15 is 0 Å². The number of hydrogen-bond acceptors (Lipinski definition) is 5. The van der Waals surface area contributed by atoms with Crippen LogP contribution in [0.15, 0.2) is 48.7 Å². The SMILES string of the molecule is O=C(C=Cc1ccc([N+](=O)[O-])cc1)OCC(=O)c1ccc[nH]1. The maximum Gasteiger partial charge on any atom is 0.331 e. The molecule has 22 heavy (non-hydrogen) atoms. The number of rotatable bonds is 6. The number of carbonyl (C=O) groups is 2. The fraction of sp³-hybridized carbons (Fsp3) is 0.0667. The Morgan fingerprint density at radius 1 is 1.23 bits per heavy atom. The number of nitro groups is 1. The number of Topliss-reactive ketones (excluding diaryl/α,β-unsaturated/α-hetero) is 1. The number of nitro benzene ring substituents is 1. The van der Waals surface area contributed by atoms with E-state index in [1.807, 2.05) is 0 Å². The maximum atomic E-state index is 11.6. The summed E-state index contributed by atoms with van der Waals surface area (Å²) < 4.78 is 4.81. The molecule has 0 aliphatic rings. The molecule has 1 N–H and O–H groups in total. The topological polar surface area (TPSA) is 102 Å². The molecule has 2 rings (SSSR count). The zero-order valence-electron chi connectivity index (χ0n) is 11.4. The second kappa shape index (κ2) is 6.98. The Morgan fingerprint density at radius 3 is 2.55 bits per heavy atom. The van der Waals surface area contributed by atoms with E-state index in [9.17, 15) is 19.7 Å². The molecule has 0 radical (unpaired) electrons. The summed E-state index contributed by atoms with van der Waals surface area (Å²) in [5, 5.41) is 10.5. The number of esters is 1. The molecule has 0 amide bonds. The lowest BCUT2D eigenvalue weighted by molar-refractivity contribution is -0.384. The van der Waals surface area contributed by atoms with E-state index in [2.05, 4.69) is 4.98 Å². The Balaban J connectivity index is 1.86. The van der Waals surface area contributed by atoms with Gasteiger partial charge in [0.25, 0.3) is 5.69 Å². The fourth-order valence-corrected chi connectivity index (χ4v) is 1.64. The molecule has 0 fully saturated rings. The van der Waals surface area contributed by atoms with Gasteiger partial charge in [-0.05, 0) is 35.9 Å². The molecule has 0 unspecified atom stereocenters. The molecule has 0 spiro atoms. The van der Waals surface area contributed by atoms with Crippen LogP contribution in [0.5, 0.6) is 0 Å². The summed E-state index contributed by atoms with van der Waals surface area (Å²) >= 11 is 0. The Bertz CT molecular complexity index is 702. The molecule has 1 heterocycles. The van der Waals surface area contributed by atoms with Gasteiger partial charge in [-0.25, -0.2) is 4.79 Å². The first-order valence-corrected chi connectivity index (χ1v) is 6.32. The number of aromatic nitrogens is 1. The number of hydrogen-bond donors (Lipinski definition) is 1. The molecular formula is C15H12N2O5. The molecule has 0 saturated heterocycles. The normalized spacial score (nSPS) is 10.5. The van der Waals surface area contributed by atoms with Crippen LogP contribution in [-0.4, -0.2) is 28.3 Å². The van der Waals surface area contributed by atoms with Gasteiger partial charge in [0.05, 0.1) is 10.6 Å². The first kappa shape index (κ1) is 15.2. The van der Waals surface area contributed by atoms with Crippen molar-refractivity contribution in [1.29, 1.82) is 0 Å². The predicted molar refractivity (Wildman–Crippen MR) is 78.2 cm³/mol. The summed E-state index contributed by atoms with van der Waals surface area (Å²) in [5.41, 5.74) is 0.946. The quantitative estimate of drug-likeness (QED) is 0.290. The van der Waals surface area contributed by atoms with E-state index in [0.717, 1.165) is 6.08 Å². The zero-order valence-corrected chi connectivity index (χ0v) is 11.4. The second-order valence-corrected chi connectivity index (χ2v) is 4.30. The maximum absolute atomic E-state index is 11.6. The molecule has 112 valence electrons. The van der Waals surface area contributed by atoms with E-state index < -0.39 is 10.9 Å². The van der Waals surface area contributed by atoms with Crippen LogP contribution in [0.25, 0.3) is 6.08 Å². The first-order chi connectivity index (χ1) is 10.6. The van der Waals surface area contributed by atoms with Gasteiger partial charge >= 0.3 is 5.97 Å². The number of ketones is 1. The lowest BCUT2D eigenvalue weighted by Gasteiger charge is -1.99. The van der Waals surface area contributed by atoms with Crippen LogP contribution in [-0.2, 0) is 9.53 Å². The monoisotopic (exact) mass is 300 g/mol. The number of aromatic amines is 1. The summed E-state index contributed by atoms with van der Waals surface area (Å²) in [6, 6.07) is 8.93. The second-order valence-electron chi connectivity index (χ2n) is 4.30. The van der Waals surface area contributed by atoms with Crippen LogP contribution in [0.3, 0.4) is 0 Å². The van der Waals surface area contributed by atoms with Crippen molar-refractivity contribution in [3.63, 3.8) is 0 Å². The summed E-state index contributed by atoms with van der Waals surface area (Å²) in [6.45, 7) is -0.357. The zero-order chi connectivity index (χ0) is 15.9.